The lowest BCUT2D eigenvalue weighted by molar-refractivity contribution is -0.265. The van der Waals surface area contributed by atoms with Crippen LogP contribution in [0.3, 0.4) is 0 Å². The Hall–Kier alpha value is -0.740. The highest BCUT2D eigenvalue weighted by Gasteiger charge is 2.17. The van der Waals surface area contributed by atoms with E-state index in [0.717, 1.165) is 6.92 Å². The molecule has 0 heterocycles. The van der Waals surface area contributed by atoms with Gasteiger partial charge in [0.05, 0.1) is 0 Å². The van der Waals surface area contributed by atoms with Gasteiger partial charge in [-0.15, -0.1) is 0 Å². The van der Waals surface area contributed by atoms with Crippen LogP contribution in [0.4, 0.5) is 0 Å². The van der Waals surface area contributed by atoms with Gasteiger partial charge in [0.2, 0.25) is 5.78 Å². The van der Waals surface area contributed by atoms with E-state index in [9.17, 15) is 9.59 Å². The van der Waals surface area contributed by atoms with Crippen LogP contribution >= 0.6 is 0 Å². The molecule has 1 unspecified atom stereocenters. The zero-order valence-electron chi connectivity index (χ0n) is 5.25. The maximum atomic E-state index is 10.4. The van der Waals surface area contributed by atoms with Crippen molar-refractivity contribution >= 4 is 11.6 Å². The zero-order chi connectivity index (χ0) is 7.44. The lowest BCUT2D eigenvalue weighted by Crippen LogP contribution is -2.25. The van der Waals surface area contributed by atoms with Crippen LogP contribution in [0.5, 0.6) is 0 Å². The van der Waals surface area contributed by atoms with E-state index in [1.54, 1.807) is 0 Å². The Balaban J connectivity index is 3.88. The average Bonchev–Trinajstić information content (AvgIpc) is 1.84. The molecule has 0 amide bonds. The molecule has 0 aromatic carbocycles. The van der Waals surface area contributed by atoms with E-state index in [1.807, 2.05) is 0 Å². The maximum Gasteiger partial charge on any atom is 0.229 e. The number of hydrogen-bond donors (Lipinski definition) is 1. The second-order valence-corrected chi connectivity index (χ2v) is 1.67. The highest BCUT2D eigenvalue weighted by molar-refractivity contribution is 6.37. The molecule has 1 N–H and O–H groups in total. The molecule has 1 atom stereocenters. The molecule has 0 aromatic heterocycles. The lowest BCUT2D eigenvalue weighted by atomic mass is 10.2. The summed E-state index contributed by atoms with van der Waals surface area (Å²) in [5.74, 6) is -1.34. The molecule has 0 radical (unpaired) electrons. The van der Waals surface area contributed by atoms with Gasteiger partial charge in [-0.3, -0.25) is 14.8 Å². The van der Waals surface area contributed by atoms with Gasteiger partial charge in [-0.1, -0.05) is 0 Å². The van der Waals surface area contributed by atoms with E-state index in [-0.39, 0.29) is 0 Å². The van der Waals surface area contributed by atoms with E-state index in [1.165, 1.54) is 6.92 Å². The number of rotatable bonds is 3. The Bertz CT molecular complexity index is 129. The van der Waals surface area contributed by atoms with Crippen LogP contribution in [0.2, 0.25) is 0 Å². The normalized spacial score (nSPS) is 12.8. The first-order valence-corrected chi connectivity index (χ1v) is 2.44. The molecule has 4 heteroatoms. The van der Waals surface area contributed by atoms with Gasteiger partial charge in [-0.05, 0) is 6.92 Å². The van der Waals surface area contributed by atoms with Crippen LogP contribution in [-0.4, -0.2) is 22.9 Å². The molecule has 0 aliphatic rings. The minimum atomic E-state index is -1.04. The topological polar surface area (TPSA) is 63.6 Å². The molecule has 0 saturated carbocycles. The summed E-state index contributed by atoms with van der Waals surface area (Å²) in [7, 11) is 0. The van der Waals surface area contributed by atoms with Gasteiger partial charge in [-0.25, -0.2) is 4.89 Å². The number of hydrogen-bond acceptors (Lipinski definition) is 4. The van der Waals surface area contributed by atoms with Crippen molar-refractivity contribution in [3.05, 3.63) is 0 Å². The third-order valence-electron chi connectivity index (χ3n) is 0.874. The first-order chi connectivity index (χ1) is 4.09. The molecule has 0 rings (SSSR count). The number of carbonyl (C=O) groups excluding carboxylic acids is 2. The minimum Gasteiger partial charge on any atom is -0.291 e. The summed E-state index contributed by atoms with van der Waals surface area (Å²) in [6.07, 6.45) is -1.04. The van der Waals surface area contributed by atoms with Gasteiger partial charge in [0.15, 0.2) is 11.9 Å². The van der Waals surface area contributed by atoms with Gasteiger partial charge in [0, 0.05) is 6.92 Å². The molecule has 0 saturated heterocycles. The summed E-state index contributed by atoms with van der Waals surface area (Å²) >= 11 is 0. The van der Waals surface area contributed by atoms with Gasteiger partial charge in [-0.2, -0.15) is 0 Å². The fourth-order valence-electron chi connectivity index (χ4n) is 0.334. The van der Waals surface area contributed by atoms with E-state index in [4.69, 9.17) is 5.26 Å². The summed E-state index contributed by atoms with van der Waals surface area (Å²) in [6.45, 7) is 2.42. The predicted octanol–water partition coefficient (Wildman–Crippen LogP) is 0.0226. The van der Waals surface area contributed by atoms with Crippen molar-refractivity contribution in [2.45, 2.75) is 20.0 Å². The summed E-state index contributed by atoms with van der Waals surface area (Å²) in [4.78, 5) is 24.2. The van der Waals surface area contributed by atoms with Crippen molar-refractivity contribution in [1.82, 2.24) is 0 Å². The summed E-state index contributed by atoms with van der Waals surface area (Å²) in [5, 5.41) is 7.88. The summed E-state index contributed by atoms with van der Waals surface area (Å²) in [5.41, 5.74) is 0. The van der Waals surface area contributed by atoms with E-state index >= 15 is 0 Å². The molecule has 9 heavy (non-hydrogen) atoms. The SMILES string of the molecule is CC(=O)C(=O)C(C)OO. The lowest BCUT2D eigenvalue weighted by Gasteiger charge is -2.00. The van der Waals surface area contributed by atoms with E-state index in [2.05, 4.69) is 4.89 Å². The van der Waals surface area contributed by atoms with Gasteiger partial charge < -0.3 is 0 Å². The minimum absolute atomic E-state index is 0.614. The molecule has 0 spiro atoms. The molecule has 0 fully saturated rings. The Kier molecular flexibility index (Phi) is 3.05. The molecule has 0 bridgehead atoms. The number of carbonyl (C=O) groups is 2. The Morgan fingerprint density at radius 2 is 2.00 bits per heavy atom. The van der Waals surface area contributed by atoms with Crippen molar-refractivity contribution < 1.29 is 19.7 Å². The van der Waals surface area contributed by atoms with Crippen LogP contribution < -0.4 is 0 Å². The van der Waals surface area contributed by atoms with Crippen LogP contribution in [-0.2, 0) is 14.5 Å². The average molecular weight is 132 g/mol. The van der Waals surface area contributed by atoms with Crippen molar-refractivity contribution in [2.24, 2.45) is 0 Å². The van der Waals surface area contributed by atoms with Gasteiger partial charge in [0.25, 0.3) is 0 Å². The van der Waals surface area contributed by atoms with Gasteiger partial charge >= 0.3 is 0 Å². The Morgan fingerprint density at radius 3 is 2.11 bits per heavy atom. The molecule has 52 valence electrons. The second-order valence-electron chi connectivity index (χ2n) is 1.67. The van der Waals surface area contributed by atoms with Crippen LogP contribution in [0.15, 0.2) is 0 Å². The van der Waals surface area contributed by atoms with Crippen LogP contribution in [0.25, 0.3) is 0 Å². The standard InChI is InChI=1S/C5H8O4/c1-3(6)5(7)4(2)9-8/h4,8H,1-2H3. The molecular formula is C5H8O4. The first-order valence-electron chi connectivity index (χ1n) is 2.44. The Morgan fingerprint density at radius 1 is 1.56 bits per heavy atom. The summed E-state index contributed by atoms with van der Waals surface area (Å²) < 4.78 is 0. The predicted molar refractivity (Wildman–Crippen MR) is 28.9 cm³/mol. The number of Topliss-reactive ketones (excluding diaryl/α,β-unsaturated/α-hetero) is 2. The Labute approximate surface area is 52.4 Å². The molecule has 0 aromatic rings. The van der Waals surface area contributed by atoms with Crippen molar-refractivity contribution in [3.8, 4) is 0 Å². The quantitative estimate of drug-likeness (QED) is 0.334. The molecule has 4 nitrogen and oxygen atoms in total. The van der Waals surface area contributed by atoms with Crippen molar-refractivity contribution in [1.29, 1.82) is 0 Å². The zero-order valence-corrected chi connectivity index (χ0v) is 5.25. The van der Waals surface area contributed by atoms with Crippen LogP contribution in [0.1, 0.15) is 13.8 Å². The van der Waals surface area contributed by atoms with E-state index < -0.39 is 17.7 Å². The third kappa shape index (κ3) is 2.34. The van der Waals surface area contributed by atoms with Crippen LogP contribution in [0, 0.1) is 0 Å². The molecule has 0 aliphatic carbocycles. The first kappa shape index (κ1) is 8.26. The fraction of sp³-hybridized carbons (Fsp3) is 0.600. The van der Waals surface area contributed by atoms with Crippen molar-refractivity contribution in [2.75, 3.05) is 0 Å². The maximum absolute atomic E-state index is 10.4. The third-order valence-corrected chi connectivity index (χ3v) is 0.874. The highest BCUT2D eigenvalue weighted by atomic mass is 17.1. The van der Waals surface area contributed by atoms with Gasteiger partial charge in [0.1, 0.15) is 0 Å². The van der Waals surface area contributed by atoms with E-state index in [0.29, 0.717) is 0 Å². The fourth-order valence-corrected chi connectivity index (χ4v) is 0.334. The van der Waals surface area contributed by atoms with Crippen molar-refractivity contribution in [3.63, 3.8) is 0 Å². The molecule has 0 aliphatic heterocycles. The monoisotopic (exact) mass is 132 g/mol. The smallest absolute Gasteiger partial charge is 0.229 e. The summed E-state index contributed by atoms with van der Waals surface area (Å²) in [6, 6.07) is 0. The second kappa shape index (κ2) is 3.32. The molecular weight excluding hydrogens is 124 g/mol. The highest BCUT2D eigenvalue weighted by Crippen LogP contribution is 1.89. The number of ketones is 2. The largest absolute Gasteiger partial charge is 0.291 e.